The van der Waals surface area contributed by atoms with Gasteiger partial charge >= 0.3 is 0 Å². The van der Waals surface area contributed by atoms with E-state index in [1.54, 1.807) is 0 Å². The van der Waals surface area contributed by atoms with Crippen LogP contribution in [0.2, 0.25) is 0 Å². The van der Waals surface area contributed by atoms with Crippen LogP contribution in [0.4, 0.5) is 5.82 Å². The Hall–Kier alpha value is -0.640. The second-order valence-corrected chi connectivity index (χ2v) is 5.50. The highest BCUT2D eigenvalue weighted by atomic mass is 79.9. The number of halogens is 1. The lowest BCUT2D eigenvalue weighted by Gasteiger charge is -2.25. The fourth-order valence-electron chi connectivity index (χ4n) is 2.42. The van der Waals surface area contributed by atoms with E-state index in [0.717, 1.165) is 22.0 Å². The Kier molecular flexibility index (Phi) is 3.79. The van der Waals surface area contributed by atoms with E-state index in [9.17, 15) is 0 Å². The molecule has 2 atom stereocenters. The van der Waals surface area contributed by atoms with Crippen LogP contribution in [0.1, 0.15) is 44.3 Å². The Balaban J connectivity index is 2.19. The van der Waals surface area contributed by atoms with E-state index >= 15 is 0 Å². The summed E-state index contributed by atoms with van der Waals surface area (Å²) >= 11 is 3.44. The Labute approximate surface area is 105 Å². The van der Waals surface area contributed by atoms with Crippen LogP contribution in [0, 0.1) is 5.92 Å². The van der Waals surface area contributed by atoms with Crippen molar-refractivity contribution in [1.82, 2.24) is 9.97 Å². The van der Waals surface area contributed by atoms with Gasteiger partial charge in [-0.25, -0.2) is 9.97 Å². The van der Waals surface area contributed by atoms with Gasteiger partial charge in [0.05, 0.1) is 4.47 Å². The van der Waals surface area contributed by atoms with Crippen molar-refractivity contribution >= 4 is 21.7 Å². The fourth-order valence-corrected chi connectivity index (χ4v) is 2.81. The summed E-state index contributed by atoms with van der Waals surface area (Å²) in [6.07, 6.45) is 6.97. The van der Waals surface area contributed by atoms with Crippen LogP contribution < -0.4 is 5.32 Å². The standard InChI is InChI=1S/C12H18BrN3/c1-8-4-3-5-9(6-8)11-15-7-10(13)12(14-2)16-11/h7-9H,3-6H2,1-2H3,(H,14,15,16). The lowest BCUT2D eigenvalue weighted by atomic mass is 9.82. The van der Waals surface area contributed by atoms with Crippen molar-refractivity contribution in [2.45, 2.75) is 38.5 Å². The minimum atomic E-state index is 0.545. The van der Waals surface area contributed by atoms with Crippen molar-refractivity contribution < 1.29 is 0 Å². The average molecular weight is 284 g/mol. The number of hydrogen-bond donors (Lipinski definition) is 1. The lowest BCUT2D eigenvalue weighted by Crippen LogP contribution is -2.14. The van der Waals surface area contributed by atoms with E-state index in [0.29, 0.717) is 5.92 Å². The Morgan fingerprint density at radius 2 is 2.25 bits per heavy atom. The molecule has 4 heteroatoms. The Bertz CT molecular complexity index is 367. The van der Waals surface area contributed by atoms with Gasteiger partial charge < -0.3 is 5.32 Å². The molecule has 1 saturated carbocycles. The maximum absolute atomic E-state index is 4.58. The van der Waals surface area contributed by atoms with Crippen molar-refractivity contribution in [3.8, 4) is 0 Å². The number of rotatable bonds is 2. The summed E-state index contributed by atoms with van der Waals surface area (Å²) in [7, 11) is 1.89. The molecule has 0 aliphatic heterocycles. The molecular weight excluding hydrogens is 266 g/mol. The van der Waals surface area contributed by atoms with E-state index in [4.69, 9.17) is 0 Å². The normalized spacial score (nSPS) is 25.4. The molecule has 0 amide bonds. The molecule has 1 N–H and O–H groups in total. The first-order valence-corrected chi connectivity index (χ1v) is 6.70. The van der Waals surface area contributed by atoms with Crippen LogP contribution >= 0.6 is 15.9 Å². The van der Waals surface area contributed by atoms with E-state index in [-0.39, 0.29) is 0 Å². The van der Waals surface area contributed by atoms with Gasteiger partial charge in [0, 0.05) is 19.2 Å². The van der Waals surface area contributed by atoms with Crippen LogP contribution in [0.15, 0.2) is 10.7 Å². The smallest absolute Gasteiger partial charge is 0.143 e. The molecule has 1 aromatic heterocycles. The number of aromatic nitrogens is 2. The summed E-state index contributed by atoms with van der Waals surface area (Å²) < 4.78 is 0.933. The molecule has 88 valence electrons. The number of nitrogens with zero attached hydrogens (tertiary/aromatic N) is 2. The fraction of sp³-hybridized carbons (Fsp3) is 0.667. The number of nitrogens with one attached hydrogen (secondary N) is 1. The largest absolute Gasteiger partial charge is 0.372 e. The van der Waals surface area contributed by atoms with Crippen LogP contribution in [-0.4, -0.2) is 17.0 Å². The predicted octanol–water partition coefficient (Wildman–Crippen LogP) is 3.57. The molecule has 3 nitrogen and oxygen atoms in total. The molecule has 1 aliphatic carbocycles. The highest BCUT2D eigenvalue weighted by Crippen LogP contribution is 2.35. The summed E-state index contributed by atoms with van der Waals surface area (Å²) in [5.74, 6) is 3.25. The SMILES string of the molecule is CNc1nc(C2CCCC(C)C2)ncc1Br. The second-order valence-electron chi connectivity index (χ2n) is 4.64. The van der Waals surface area contributed by atoms with E-state index < -0.39 is 0 Å². The highest BCUT2D eigenvalue weighted by molar-refractivity contribution is 9.10. The summed E-state index contributed by atoms with van der Waals surface area (Å²) in [6, 6.07) is 0. The number of hydrogen-bond acceptors (Lipinski definition) is 3. The quantitative estimate of drug-likeness (QED) is 0.902. The minimum Gasteiger partial charge on any atom is -0.372 e. The van der Waals surface area contributed by atoms with E-state index in [1.807, 2.05) is 13.2 Å². The lowest BCUT2D eigenvalue weighted by molar-refractivity contribution is 0.335. The maximum Gasteiger partial charge on any atom is 0.143 e. The molecule has 16 heavy (non-hydrogen) atoms. The molecule has 1 aliphatic rings. The van der Waals surface area contributed by atoms with Gasteiger partial charge in [-0.05, 0) is 34.7 Å². The summed E-state index contributed by atoms with van der Waals surface area (Å²) in [6.45, 7) is 2.32. The van der Waals surface area contributed by atoms with Crippen molar-refractivity contribution in [2.75, 3.05) is 12.4 Å². The van der Waals surface area contributed by atoms with Crippen molar-refractivity contribution in [1.29, 1.82) is 0 Å². The zero-order valence-electron chi connectivity index (χ0n) is 9.83. The highest BCUT2D eigenvalue weighted by Gasteiger charge is 2.23. The first-order valence-electron chi connectivity index (χ1n) is 5.91. The molecule has 1 fully saturated rings. The van der Waals surface area contributed by atoms with Gasteiger partial charge in [-0.15, -0.1) is 0 Å². The Morgan fingerprint density at radius 1 is 1.44 bits per heavy atom. The first-order chi connectivity index (χ1) is 7.70. The summed E-state index contributed by atoms with van der Waals surface area (Å²) in [4.78, 5) is 9.03. The summed E-state index contributed by atoms with van der Waals surface area (Å²) in [5.41, 5.74) is 0. The molecule has 0 saturated heterocycles. The third-order valence-corrected chi connectivity index (χ3v) is 3.88. The average Bonchev–Trinajstić information content (AvgIpc) is 2.29. The van der Waals surface area contributed by atoms with Gasteiger partial charge in [-0.2, -0.15) is 0 Å². The zero-order valence-corrected chi connectivity index (χ0v) is 11.4. The monoisotopic (exact) mass is 283 g/mol. The molecule has 1 aromatic rings. The van der Waals surface area contributed by atoms with Crippen molar-refractivity contribution in [3.05, 3.63) is 16.5 Å². The van der Waals surface area contributed by atoms with Gasteiger partial charge in [-0.1, -0.05) is 19.8 Å². The van der Waals surface area contributed by atoms with Crippen LogP contribution in [0.25, 0.3) is 0 Å². The molecule has 0 aromatic carbocycles. The van der Waals surface area contributed by atoms with Crippen molar-refractivity contribution in [3.63, 3.8) is 0 Å². The van der Waals surface area contributed by atoms with Gasteiger partial charge in [-0.3, -0.25) is 0 Å². The van der Waals surface area contributed by atoms with Gasteiger partial charge in [0.15, 0.2) is 0 Å². The van der Waals surface area contributed by atoms with Crippen molar-refractivity contribution in [2.24, 2.45) is 5.92 Å². The molecule has 1 heterocycles. The topological polar surface area (TPSA) is 37.8 Å². The first kappa shape index (κ1) is 11.8. The molecular formula is C12H18BrN3. The van der Waals surface area contributed by atoms with Crippen LogP contribution in [-0.2, 0) is 0 Å². The maximum atomic E-state index is 4.58. The van der Waals surface area contributed by atoms with Gasteiger partial charge in [0.2, 0.25) is 0 Å². The third kappa shape index (κ3) is 2.54. The number of anilines is 1. The predicted molar refractivity (Wildman–Crippen MR) is 69.7 cm³/mol. The van der Waals surface area contributed by atoms with Gasteiger partial charge in [0.25, 0.3) is 0 Å². The minimum absolute atomic E-state index is 0.545. The second kappa shape index (κ2) is 5.13. The molecule has 2 rings (SSSR count). The Morgan fingerprint density at radius 3 is 2.94 bits per heavy atom. The van der Waals surface area contributed by atoms with Crippen LogP contribution in [0.5, 0.6) is 0 Å². The van der Waals surface area contributed by atoms with Crippen LogP contribution in [0.3, 0.4) is 0 Å². The molecule has 0 spiro atoms. The molecule has 0 radical (unpaired) electrons. The van der Waals surface area contributed by atoms with E-state index in [1.165, 1.54) is 25.7 Å². The third-order valence-electron chi connectivity index (χ3n) is 3.30. The summed E-state index contributed by atoms with van der Waals surface area (Å²) in [5, 5.41) is 3.09. The molecule has 2 unspecified atom stereocenters. The zero-order chi connectivity index (χ0) is 11.5. The van der Waals surface area contributed by atoms with Gasteiger partial charge in [0.1, 0.15) is 11.6 Å². The molecule has 0 bridgehead atoms. The van der Waals surface area contributed by atoms with E-state index in [2.05, 4.69) is 38.1 Å².